The molecular formula is C22H22F3N3O2S. The molecule has 3 rings (SSSR count). The van der Waals surface area contributed by atoms with Crippen LogP contribution in [0.1, 0.15) is 25.8 Å². The van der Waals surface area contributed by atoms with Crippen LogP contribution in [0.15, 0.2) is 58.5 Å². The highest BCUT2D eigenvalue weighted by atomic mass is 32.2. The summed E-state index contributed by atoms with van der Waals surface area (Å²) in [4.78, 5) is 29.8. The van der Waals surface area contributed by atoms with Crippen LogP contribution in [-0.2, 0) is 17.5 Å². The molecule has 1 N–H and O–H groups in total. The summed E-state index contributed by atoms with van der Waals surface area (Å²) in [5, 5.41) is 3.53. The zero-order valence-electron chi connectivity index (χ0n) is 17.1. The van der Waals surface area contributed by atoms with E-state index in [1.165, 1.54) is 12.1 Å². The smallest absolute Gasteiger partial charge is 0.325 e. The standard InChI is InChI=1S/C22H22F3N3O2S/c1-14(2)11-12-28-20(30)17-5-3-4-6-18(17)27-21(28)31-13-19(29)26-16-9-7-15(8-10-16)22(23,24)25/h3-10,14H,11-13H2,1-2H3,(H,26,29). The van der Waals surface area contributed by atoms with Gasteiger partial charge < -0.3 is 5.32 Å². The van der Waals surface area contributed by atoms with E-state index in [4.69, 9.17) is 0 Å². The SMILES string of the molecule is CC(C)CCn1c(SCC(=O)Nc2ccc(C(F)(F)F)cc2)nc2ccccc2c1=O. The fourth-order valence-corrected chi connectivity index (χ4v) is 3.74. The second-order valence-corrected chi connectivity index (χ2v) is 8.41. The quantitative estimate of drug-likeness (QED) is 0.398. The molecule has 5 nitrogen and oxygen atoms in total. The van der Waals surface area contributed by atoms with Gasteiger partial charge in [0.1, 0.15) is 0 Å². The van der Waals surface area contributed by atoms with Crippen LogP contribution in [0.25, 0.3) is 10.9 Å². The molecule has 0 atom stereocenters. The Bertz CT molecular complexity index is 1130. The van der Waals surface area contributed by atoms with Crippen molar-refractivity contribution in [3.8, 4) is 0 Å². The highest BCUT2D eigenvalue weighted by Gasteiger charge is 2.30. The summed E-state index contributed by atoms with van der Waals surface area (Å²) in [6, 6.07) is 11.3. The minimum atomic E-state index is -4.43. The van der Waals surface area contributed by atoms with Gasteiger partial charge in [0, 0.05) is 12.2 Å². The molecule has 0 bridgehead atoms. The Balaban J connectivity index is 1.75. The minimum absolute atomic E-state index is 0.0342. The maximum Gasteiger partial charge on any atom is 0.416 e. The van der Waals surface area contributed by atoms with Crippen LogP contribution in [0.5, 0.6) is 0 Å². The second kappa shape index (κ2) is 9.55. The van der Waals surface area contributed by atoms with Crippen LogP contribution in [-0.4, -0.2) is 21.2 Å². The molecule has 1 heterocycles. The van der Waals surface area contributed by atoms with Crippen LogP contribution in [0, 0.1) is 5.92 Å². The average Bonchev–Trinajstić information content (AvgIpc) is 2.71. The van der Waals surface area contributed by atoms with Gasteiger partial charge in [-0.2, -0.15) is 13.2 Å². The van der Waals surface area contributed by atoms with Crippen molar-refractivity contribution < 1.29 is 18.0 Å². The minimum Gasteiger partial charge on any atom is -0.325 e. The molecule has 3 aromatic rings. The van der Waals surface area contributed by atoms with E-state index in [0.717, 1.165) is 30.3 Å². The Hall–Kier alpha value is -2.81. The molecule has 0 aliphatic rings. The van der Waals surface area contributed by atoms with Gasteiger partial charge in [-0.1, -0.05) is 37.7 Å². The molecule has 0 saturated heterocycles. The third kappa shape index (κ3) is 5.88. The van der Waals surface area contributed by atoms with E-state index in [1.807, 2.05) is 0 Å². The molecular weight excluding hydrogens is 427 g/mol. The Kier molecular flexibility index (Phi) is 7.04. The number of para-hydroxylation sites is 1. The normalized spacial score (nSPS) is 11.8. The lowest BCUT2D eigenvalue weighted by Gasteiger charge is -2.14. The molecule has 0 fully saturated rings. The lowest BCUT2D eigenvalue weighted by Crippen LogP contribution is -2.25. The van der Waals surface area contributed by atoms with Gasteiger partial charge >= 0.3 is 6.18 Å². The zero-order chi connectivity index (χ0) is 22.6. The van der Waals surface area contributed by atoms with E-state index < -0.39 is 17.6 Å². The molecule has 31 heavy (non-hydrogen) atoms. The Morgan fingerprint density at radius 2 is 1.81 bits per heavy atom. The fourth-order valence-electron chi connectivity index (χ4n) is 2.91. The number of fused-ring (bicyclic) bond motifs is 1. The van der Waals surface area contributed by atoms with Gasteiger partial charge in [0.05, 0.1) is 22.2 Å². The molecule has 0 radical (unpaired) electrons. The number of rotatable bonds is 7. The molecule has 0 unspecified atom stereocenters. The van der Waals surface area contributed by atoms with Crippen LogP contribution < -0.4 is 10.9 Å². The summed E-state index contributed by atoms with van der Waals surface area (Å²) in [6.45, 7) is 4.60. The number of anilines is 1. The summed E-state index contributed by atoms with van der Waals surface area (Å²) < 4.78 is 39.6. The number of nitrogens with zero attached hydrogens (tertiary/aromatic N) is 2. The molecule has 0 aliphatic heterocycles. The molecule has 2 aromatic carbocycles. The van der Waals surface area contributed by atoms with E-state index in [0.29, 0.717) is 28.5 Å². The zero-order valence-corrected chi connectivity index (χ0v) is 17.9. The first kappa shape index (κ1) is 22.9. The molecule has 1 amide bonds. The van der Waals surface area contributed by atoms with Gasteiger partial charge in [0.2, 0.25) is 5.91 Å². The summed E-state index contributed by atoms with van der Waals surface area (Å²) in [6.07, 6.45) is -3.65. The first-order chi connectivity index (χ1) is 14.6. The monoisotopic (exact) mass is 449 g/mol. The van der Waals surface area contributed by atoms with Crippen molar-refractivity contribution in [3.63, 3.8) is 0 Å². The number of halogens is 3. The summed E-state index contributed by atoms with van der Waals surface area (Å²) >= 11 is 1.12. The van der Waals surface area contributed by atoms with E-state index in [-0.39, 0.29) is 17.0 Å². The maximum atomic E-state index is 12.9. The van der Waals surface area contributed by atoms with Crippen molar-refractivity contribution in [2.24, 2.45) is 5.92 Å². The number of benzene rings is 2. The third-order valence-corrected chi connectivity index (χ3v) is 5.56. The summed E-state index contributed by atoms with van der Waals surface area (Å²) in [5.41, 5.74) is -0.118. The van der Waals surface area contributed by atoms with Crippen molar-refractivity contribution in [1.29, 1.82) is 0 Å². The molecule has 9 heteroatoms. The summed E-state index contributed by atoms with van der Waals surface area (Å²) in [5.74, 6) is -0.0465. The van der Waals surface area contributed by atoms with Crippen LogP contribution >= 0.6 is 11.8 Å². The van der Waals surface area contributed by atoms with E-state index in [1.54, 1.807) is 28.8 Å². The van der Waals surface area contributed by atoms with Gasteiger partial charge in [0.25, 0.3) is 5.56 Å². The Labute approximate surface area is 181 Å². The van der Waals surface area contributed by atoms with Gasteiger partial charge in [-0.15, -0.1) is 0 Å². The van der Waals surface area contributed by atoms with Crippen LogP contribution in [0.3, 0.4) is 0 Å². The highest BCUT2D eigenvalue weighted by Crippen LogP contribution is 2.30. The summed E-state index contributed by atoms with van der Waals surface area (Å²) in [7, 11) is 0. The lowest BCUT2D eigenvalue weighted by atomic mass is 10.1. The van der Waals surface area contributed by atoms with Crippen molar-refractivity contribution in [3.05, 3.63) is 64.4 Å². The topological polar surface area (TPSA) is 64.0 Å². The number of alkyl halides is 3. The molecule has 1 aromatic heterocycles. The van der Waals surface area contributed by atoms with E-state index >= 15 is 0 Å². The van der Waals surface area contributed by atoms with Gasteiger partial charge in [-0.25, -0.2) is 4.98 Å². The van der Waals surface area contributed by atoms with Crippen molar-refractivity contribution >= 4 is 34.3 Å². The number of nitrogens with one attached hydrogen (secondary N) is 1. The van der Waals surface area contributed by atoms with Crippen molar-refractivity contribution in [2.45, 2.75) is 38.1 Å². The predicted molar refractivity (Wildman–Crippen MR) is 116 cm³/mol. The first-order valence-electron chi connectivity index (χ1n) is 9.74. The second-order valence-electron chi connectivity index (χ2n) is 7.46. The third-order valence-electron chi connectivity index (χ3n) is 4.59. The number of hydrogen-bond acceptors (Lipinski definition) is 4. The number of carbonyl (C=O) groups is 1. The van der Waals surface area contributed by atoms with Gasteiger partial charge in [-0.3, -0.25) is 14.2 Å². The van der Waals surface area contributed by atoms with Crippen LogP contribution in [0.2, 0.25) is 0 Å². The predicted octanol–water partition coefficient (Wildman–Crippen LogP) is 5.19. The number of thioether (sulfide) groups is 1. The lowest BCUT2D eigenvalue weighted by molar-refractivity contribution is -0.137. The number of amides is 1. The van der Waals surface area contributed by atoms with Crippen molar-refractivity contribution in [1.82, 2.24) is 9.55 Å². The number of aromatic nitrogens is 2. The van der Waals surface area contributed by atoms with Crippen molar-refractivity contribution in [2.75, 3.05) is 11.1 Å². The van der Waals surface area contributed by atoms with Gasteiger partial charge in [0.15, 0.2) is 5.16 Å². The molecule has 0 spiro atoms. The molecule has 0 saturated carbocycles. The fraction of sp³-hybridized carbons (Fsp3) is 0.318. The maximum absolute atomic E-state index is 12.9. The molecule has 164 valence electrons. The Morgan fingerprint density at radius 1 is 1.13 bits per heavy atom. The number of carbonyl (C=O) groups excluding carboxylic acids is 1. The Morgan fingerprint density at radius 3 is 2.45 bits per heavy atom. The molecule has 0 aliphatic carbocycles. The largest absolute Gasteiger partial charge is 0.416 e. The first-order valence-corrected chi connectivity index (χ1v) is 10.7. The van der Waals surface area contributed by atoms with Gasteiger partial charge in [-0.05, 0) is 48.7 Å². The number of hydrogen-bond donors (Lipinski definition) is 1. The van der Waals surface area contributed by atoms with E-state index in [2.05, 4.69) is 24.1 Å². The van der Waals surface area contributed by atoms with Crippen LogP contribution in [0.4, 0.5) is 18.9 Å². The average molecular weight is 449 g/mol. The van der Waals surface area contributed by atoms with E-state index in [9.17, 15) is 22.8 Å². The highest BCUT2D eigenvalue weighted by molar-refractivity contribution is 7.99.